The third-order valence-corrected chi connectivity index (χ3v) is 4.10. The number of aromatic nitrogens is 3. The molecule has 1 aromatic heterocycles. The van der Waals surface area contributed by atoms with Crippen molar-refractivity contribution < 1.29 is 4.92 Å². The summed E-state index contributed by atoms with van der Waals surface area (Å²) in [6.45, 7) is 4.35. The number of hydrogen-bond acceptors (Lipinski definition) is 5. The minimum absolute atomic E-state index is 0.196. The lowest BCUT2D eigenvalue weighted by Gasteiger charge is -2.34. The van der Waals surface area contributed by atoms with Gasteiger partial charge in [-0.05, 0) is 37.3 Å². The van der Waals surface area contributed by atoms with Crippen molar-refractivity contribution in [3.63, 3.8) is 0 Å². The van der Waals surface area contributed by atoms with Gasteiger partial charge < -0.3 is 4.90 Å². The lowest BCUT2D eigenvalue weighted by atomic mass is 9.97. The summed E-state index contributed by atoms with van der Waals surface area (Å²) in [5.74, 6) is 0.427. The third-order valence-electron chi connectivity index (χ3n) is 4.10. The van der Waals surface area contributed by atoms with Crippen LogP contribution in [0.15, 0.2) is 30.6 Å². The van der Waals surface area contributed by atoms with Crippen LogP contribution in [-0.4, -0.2) is 33.0 Å². The first-order valence-corrected chi connectivity index (χ1v) is 7.47. The fourth-order valence-corrected chi connectivity index (χ4v) is 3.07. The van der Waals surface area contributed by atoms with Crippen LogP contribution in [-0.2, 0) is 6.54 Å². The maximum atomic E-state index is 11.3. The molecular weight excluding hydrogens is 282 g/mol. The van der Waals surface area contributed by atoms with Crippen molar-refractivity contribution >= 4 is 11.4 Å². The molecule has 0 saturated carbocycles. The second-order valence-corrected chi connectivity index (χ2v) is 5.83. The highest BCUT2D eigenvalue weighted by atomic mass is 16.6. The van der Waals surface area contributed by atoms with Gasteiger partial charge in [-0.3, -0.25) is 14.8 Å². The third kappa shape index (κ3) is 3.08. The van der Waals surface area contributed by atoms with Crippen molar-refractivity contribution in [1.82, 2.24) is 15.0 Å². The second-order valence-electron chi connectivity index (χ2n) is 5.83. The standard InChI is InChI=1S/C15H19N5O2/c1-12-4-5-14(15(9-12)20(21)22)18-7-2-3-13(10-18)11-19-8-6-16-17-19/h4-6,8-9,13H,2-3,7,10-11H2,1H3/t13-/m1/s1. The molecule has 3 rings (SSSR count). The normalized spacial score (nSPS) is 18.4. The maximum absolute atomic E-state index is 11.3. The van der Waals surface area contributed by atoms with E-state index in [9.17, 15) is 10.1 Å². The van der Waals surface area contributed by atoms with Gasteiger partial charge in [0.25, 0.3) is 5.69 Å². The Morgan fingerprint density at radius 1 is 1.45 bits per heavy atom. The van der Waals surface area contributed by atoms with Gasteiger partial charge in [0.15, 0.2) is 0 Å². The van der Waals surface area contributed by atoms with Gasteiger partial charge in [-0.2, -0.15) is 0 Å². The van der Waals surface area contributed by atoms with Crippen molar-refractivity contribution in [3.8, 4) is 0 Å². The summed E-state index contributed by atoms with van der Waals surface area (Å²) in [6, 6.07) is 5.45. The molecule has 1 fully saturated rings. The predicted octanol–water partition coefficient (Wildman–Crippen LogP) is 2.41. The van der Waals surface area contributed by atoms with E-state index in [1.807, 2.05) is 29.9 Å². The number of benzene rings is 1. The minimum Gasteiger partial charge on any atom is -0.366 e. The fraction of sp³-hybridized carbons (Fsp3) is 0.467. The number of nitro groups is 1. The Hall–Kier alpha value is -2.44. The second kappa shape index (κ2) is 6.13. The van der Waals surface area contributed by atoms with Gasteiger partial charge in [0.2, 0.25) is 0 Å². The Morgan fingerprint density at radius 2 is 2.32 bits per heavy atom. The van der Waals surface area contributed by atoms with Gasteiger partial charge in [0.05, 0.1) is 11.1 Å². The molecule has 1 saturated heterocycles. The van der Waals surface area contributed by atoms with E-state index in [0.717, 1.165) is 43.7 Å². The predicted molar refractivity (Wildman–Crippen MR) is 82.8 cm³/mol. The zero-order chi connectivity index (χ0) is 15.5. The van der Waals surface area contributed by atoms with Gasteiger partial charge in [-0.25, -0.2) is 0 Å². The van der Waals surface area contributed by atoms with E-state index in [2.05, 4.69) is 15.2 Å². The van der Waals surface area contributed by atoms with Gasteiger partial charge in [0, 0.05) is 31.9 Å². The topological polar surface area (TPSA) is 77.1 Å². The number of hydrogen-bond donors (Lipinski definition) is 0. The monoisotopic (exact) mass is 301 g/mol. The van der Waals surface area contributed by atoms with Crippen LogP contribution in [0.25, 0.3) is 0 Å². The molecule has 0 N–H and O–H groups in total. The summed E-state index contributed by atoms with van der Waals surface area (Å²) in [5, 5.41) is 19.1. The average molecular weight is 301 g/mol. The van der Waals surface area contributed by atoms with Crippen LogP contribution < -0.4 is 4.90 Å². The quantitative estimate of drug-likeness (QED) is 0.640. The van der Waals surface area contributed by atoms with Crippen LogP contribution in [0, 0.1) is 23.0 Å². The molecule has 116 valence electrons. The molecule has 1 aromatic carbocycles. The zero-order valence-electron chi connectivity index (χ0n) is 12.6. The average Bonchev–Trinajstić information content (AvgIpc) is 3.00. The van der Waals surface area contributed by atoms with Gasteiger partial charge in [0.1, 0.15) is 5.69 Å². The summed E-state index contributed by atoms with van der Waals surface area (Å²) < 4.78 is 1.83. The molecule has 0 spiro atoms. The molecule has 1 aliphatic heterocycles. The molecule has 2 heterocycles. The van der Waals surface area contributed by atoms with Crippen molar-refractivity contribution in [1.29, 1.82) is 0 Å². The molecule has 0 unspecified atom stereocenters. The molecule has 22 heavy (non-hydrogen) atoms. The van der Waals surface area contributed by atoms with Crippen molar-refractivity contribution in [2.24, 2.45) is 5.92 Å². The highest BCUT2D eigenvalue weighted by molar-refractivity contribution is 5.64. The van der Waals surface area contributed by atoms with Gasteiger partial charge >= 0.3 is 0 Å². The first-order valence-electron chi connectivity index (χ1n) is 7.47. The number of aryl methyl sites for hydroxylation is 1. The molecule has 0 bridgehead atoms. The summed E-state index contributed by atoms with van der Waals surface area (Å²) >= 11 is 0. The van der Waals surface area contributed by atoms with Crippen molar-refractivity contribution in [2.45, 2.75) is 26.3 Å². The highest BCUT2D eigenvalue weighted by Crippen LogP contribution is 2.32. The maximum Gasteiger partial charge on any atom is 0.292 e. The number of piperidine rings is 1. The van der Waals surface area contributed by atoms with Crippen LogP contribution in [0.2, 0.25) is 0 Å². The van der Waals surface area contributed by atoms with E-state index < -0.39 is 0 Å². The number of rotatable bonds is 4. The summed E-state index contributed by atoms with van der Waals surface area (Å²) in [4.78, 5) is 13.2. The molecule has 7 heteroatoms. The Labute approximate surface area is 128 Å². The van der Waals surface area contributed by atoms with Crippen molar-refractivity contribution in [2.75, 3.05) is 18.0 Å². The zero-order valence-corrected chi connectivity index (χ0v) is 12.6. The molecule has 2 aromatic rings. The Morgan fingerprint density at radius 3 is 3.05 bits per heavy atom. The van der Waals surface area contributed by atoms with Crippen LogP contribution in [0.4, 0.5) is 11.4 Å². The van der Waals surface area contributed by atoms with E-state index in [1.165, 1.54) is 0 Å². The summed E-state index contributed by atoms with van der Waals surface area (Å²) in [7, 11) is 0. The molecule has 0 aliphatic carbocycles. The van der Waals surface area contributed by atoms with E-state index in [0.29, 0.717) is 5.92 Å². The molecular formula is C15H19N5O2. The van der Waals surface area contributed by atoms with Crippen molar-refractivity contribution in [3.05, 3.63) is 46.3 Å². The minimum atomic E-state index is -0.288. The summed E-state index contributed by atoms with van der Waals surface area (Å²) in [6.07, 6.45) is 5.67. The largest absolute Gasteiger partial charge is 0.366 e. The van der Waals surface area contributed by atoms with Crippen LogP contribution in [0.1, 0.15) is 18.4 Å². The van der Waals surface area contributed by atoms with Gasteiger partial charge in [-0.15, -0.1) is 5.10 Å². The van der Waals surface area contributed by atoms with E-state index >= 15 is 0 Å². The Kier molecular flexibility index (Phi) is 4.04. The van der Waals surface area contributed by atoms with Crippen LogP contribution >= 0.6 is 0 Å². The first-order chi connectivity index (χ1) is 10.6. The SMILES string of the molecule is Cc1ccc(N2CCC[C@@H](Cn3ccnn3)C2)c([N+](=O)[O-])c1. The Bertz CT molecular complexity index is 656. The first kappa shape index (κ1) is 14.5. The van der Waals surface area contributed by atoms with Crippen LogP contribution in [0.3, 0.4) is 0 Å². The molecule has 1 aliphatic rings. The van der Waals surface area contributed by atoms with Gasteiger partial charge in [-0.1, -0.05) is 11.3 Å². The molecule has 1 atom stereocenters. The number of anilines is 1. The highest BCUT2D eigenvalue weighted by Gasteiger charge is 2.25. The van der Waals surface area contributed by atoms with E-state index in [1.54, 1.807) is 12.3 Å². The smallest absolute Gasteiger partial charge is 0.292 e. The van der Waals surface area contributed by atoms with Crippen LogP contribution in [0.5, 0.6) is 0 Å². The number of nitro benzene ring substituents is 1. The van der Waals surface area contributed by atoms with E-state index in [-0.39, 0.29) is 10.6 Å². The number of nitrogens with zero attached hydrogens (tertiary/aromatic N) is 5. The lowest BCUT2D eigenvalue weighted by Crippen LogP contribution is -2.37. The molecule has 0 radical (unpaired) electrons. The summed E-state index contributed by atoms with van der Waals surface area (Å²) in [5.41, 5.74) is 1.83. The lowest BCUT2D eigenvalue weighted by molar-refractivity contribution is -0.384. The molecule has 0 amide bonds. The Balaban J connectivity index is 1.78. The fourth-order valence-electron chi connectivity index (χ4n) is 3.07. The van der Waals surface area contributed by atoms with E-state index in [4.69, 9.17) is 0 Å². The molecule has 7 nitrogen and oxygen atoms in total.